The number of nitrogens with zero attached hydrogens (tertiary/aromatic N) is 1. The van der Waals surface area contributed by atoms with E-state index in [0.29, 0.717) is 6.04 Å². The van der Waals surface area contributed by atoms with Crippen molar-refractivity contribution in [3.05, 3.63) is 70.2 Å². The highest BCUT2D eigenvalue weighted by atomic mass is 35.5. The van der Waals surface area contributed by atoms with E-state index in [9.17, 15) is 0 Å². The molecule has 2 fully saturated rings. The fourth-order valence-corrected chi connectivity index (χ4v) is 3.53. The van der Waals surface area contributed by atoms with E-state index >= 15 is 0 Å². The summed E-state index contributed by atoms with van der Waals surface area (Å²) in [5.74, 6) is 0.893. The minimum Gasteiger partial charge on any atom is -0.299 e. The van der Waals surface area contributed by atoms with Crippen molar-refractivity contribution in [3.8, 4) is 0 Å². The Labute approximate surface area is 152 Å². The Morgan fingerprint density at radius 3 is 2.17 bits per heavy atom. The number of benzene rings is 2. The fraction of sp³-hybridized carbons (Fsp3) is 0.333. The molecule has 2 aromatic rings. The van der Waals surface area contributed by atoms with E-state index < -0.39 is 0 Å². The first-order chi connectivity index (χ1) is 11.2. The maximum Gasteiger partial charge on any atom is 0.0835 e. The zero-order chi connectivity index (χ0) is 16.1. The maximum absolute atomic E-state index is 5.90. The van der Waals surface area contributed by atoms with E-state index in [4.69, 9.17) is 27.4 Å². The molecule has 1 aliphatic carbocycles. The molecular weight excluding hydrogens is 349 g/mol. The van der Waals surface area contributed by atoms with Gasteiger partial charge in [0.1, 0.15) is 0 Å². The van der Waals surface area contributed by atoms with Crippen LogP contribution in [-0.2, 0) is 4.18 Å². The van der Waals surface area contributed by atoms with Gasteiger partial charge in [0, 0.05) is 16.6 Å². The van der Waals surface area contributed by atoms with Crippen LogP contribution in [0, 0.1) is 5.92 Å². The molecule has 1 heterocycles. The van der Waals surface area contributed by atoms with Gasteiger partial charge in [-0.2, -0.15) is 0 Å². The van der Waals surface area contributed by atoms with E-state index in [1.54, 1.807) is 0 Å². The van der Waals surface area contributed by atoms with Gasteiger partial charge in [-0.15, -0.1) is 0 Å². The van der Waals surface area contributed by atoms with Gasteiger partial charge in [0.15, 0.2) is 0 Å². The summed E-state index contributed by atoms with van der Waals surface area (Å²) in [6.45, 7) is 1.93. The second-order valence-electron chi connectivity index (χ2n) is 5.77. The minimum absolute atomic E-state index is 0.392. The molecule has 0 amide bonds. The summed E-state index contributed by atoms with van der Waals surface area (Å²) in [4.78, 5) is 0. The topological polar surface area (TPSA) is 12.5 Å². The summed E-state index contributed by atoms with van der Waals surface area (Å²) in [7, 11) is 0. The number of rotatable bonds is 3. The van der Waals surface area contributed by atoms with Gasteiger partial charge in [-0.25, -0.2) is 4.31 Å². The molecule has 0 radical (unpaired) electrons. The summed E-state index contributed by atoms with van der Waals surface area (Å²) in [5, 5.41) is 1.59. The highest BCUT2D eigenvalue weighted by Crippen LogP contribution is 2.40. The lowest BCUT2D eigenvalue weighted by molar-refractivity contribution is 0.311. The lowest BCUT2D eigenvalue weighted by atomic mass is 10.1. The Morgan fingerprint density at radius 1 is 0.957 bits per heavy atom. The Bertz CT molecular complexity index is 604. The summed E-state index contributed by atoms with van der Waals surface area (Å²) >= 11 is 13.0. The molecule has 0 spiro atoms. The Kier molecular flexibility index (Phi) is 6.26. The van der Waals surface area contributed by atoms with Gasteiger partial charge in [0.2, 0.25) is 0 Å². The summed E-state index contributed by atoms with van der Waals surface area (Å²) in [6.07, 6.45) is 2.76. The second-order valence-corrected chi connectivity index (χ2v) is 7.49. The van der Waals surface area contributed by atoms with Crippen LogP contribution in [0.3, 0.4) is 0 Å². The predicted octanol–water partition coefficient (Wildman–Crippen LogP) is 6.03. The van der Waals surface area contributed by atoms with Gasteiger partial charge < -0.3 is 0 Å². The van der Waals surface area contributed by atoms with Crippen LogP contribution < -0.4 is 0 Å². The van der Waals surface area contributed by atoms with Crippen LogP contribution in [-0.4, -0.2) is 17.5 Å². The van der Waals surface area contributed by atoms with Gasteiger partial charge in [-0.05, 0) is 48.6 Å². The predicted molar refractivity (Wildman–Crippen MR) is 98.6 cm³/mol. The maximum atomic E-state index is 5.90. The largest absolute Gasteiger partial charge is 0.299 e. The first-order valence-electron chi connectivity index (χ1n) is 7.74. The minimum atomic E-state index is 0.392. The number of hydrogen-bond acceptors (Lipinski definition) is 3. The van der Waals surface area contributed by atoms with E-state index in [-0.39, 0.29) is 0 Å². The molecule has 0 N–H and O–H groups in total. The quantitative estimate of drug-likeness (QED) is 0.485. The molecule has 1 aliphatic heterocycles. The van der Waals surface area contributed by atoms with E-state index in [1.165, 1.54) is 30.6 Å². The fourth-order valence-electron chi connectivity index (χ4n) is 2.37. The van der Waals surface area contributed by atoms with Crippen LogP contribution in [0.4, 0.5) is 0 Å². The summed E-state index contributed by atoms with van der Waals surface area (Å²) in [5.41, 5.74) is 1.30. The third-order valence-electron chi connectivity index (χ3n) is 3.84. The van der Waals surface area contributed by atoms with Crippen molar-refractivity contribution in [2.45, 2.75) is 18.9 Å². The van der Waals surface area contributed by atoms with Gasteiger partial charge in [-0.3, -0.25) is 4.18 Å². The number of halogens is 2. The standard InChI is InChI=1S/C12H14ClNOS.C6H5Cl/c13-11-5-3-10(4-6-11)12-8-15-16-14(12)7-9-1-2-9;7-6-4-2-1-3-5-6/h3-6,9,12H,1-2,7-8H2;1-5H. The number of hydrogen-bond donors (Lipinski definition) is 0. The summed E-state index contributed by atoms with van der Waals surface area (Å²) < 4.78 is 7.85. The molecule has 5 heteroatoms. The molecule has 1 saturated carbocycles. The van der Waals surface area contributed by atoms with Crippen molar-refractivity contribution >= 4 is 35.4 Å². The summed E-state index contributed by atoms with van der Waals surface area (Å²) in [6, 6.07) is 17.9. The molecule has 1 unspecified atom stereocenters. The van der Waals surface area contributed by atoms with Crippen molar-refractivity contribution < 1.29 is 4.18 Å². The van der Waals surface area contributed by atoms with Gasteiger partial charge in [0.05, 0.1) is 24.9 Å². The normalized spacial score (nSPS) is 20.9. The monoisotopic (exact) mass is 367 g/mol. The Balaban J connectivity index is 0.000000188. The van der Waals surface area contributed by atoms with Gasteiger partial charge >= 0.3 is 0 Å². The molecular formula is C18H19Cl2NOS. The zero-order valence-corrected chi connectivity index (χ0v) is 15.0. The molecule has 4 rings (SSSR count). The average molecular weight is 368 g/mol. The van der Waals surface area contributed by atoms with E-state index in [2.05, 4.69) is 16.4 Å². The zero-order valence-electron chi connectivity index (χ0n) is 12.7. The Morgan fingerprint density at radius 2 is 1.61 bits per heavy atom. The van der Waals surface area contributed by atoms with Gasteiger partial charge in [0.25, 0.3) is 0 Å². The van der Waals surface area contributed by atoms with Crippen LogP contribution >= 0.6 is 35.4 Å². The highest BCUT2D eigenvalue weighted by Gasteiger charge is 2.33. The lowest BCUT2D eigenvalue weighted by Crippen LogP contribution is -2.21. The van der Waals surface area contributed by atoms with Crippen LogP contribution in [0.1, 0.15) is 24.4 Å². The molecule has 0 aromatic heterocycles. The molecule has 0 bridgehead atoms. The highest BCUT2D eigenvalue weighted by molar-refractivity contribution is 7.92. The molecule has 1 atom stereocenters. The Hall–Kier alpha value is -0.710. The molecule has 2 aliphatic rings. The molecule has 2 nitrogen and oxygen atoms in total. The SMILES string of the molecule is Clc1ccc(C2COSN2CC2CC2)cc1.Clc1ccccc1. The van der Waals surface area contributed by atoms with Crippen molar-refractivity contribution in [2.75, 3.05) is 13.2 Å². The second kappa shape index (κ2) is 8.41. The third kappa shape index (κ3) is 5.40. The van der Waals surface area contributed by atoms with Crippen molar-refractivity contribution in [1.82, 2.24) is 4.31 Å². The molecule has 23 heavy (non-hydrogen) atoms. The molecule has 1 saturated heterocycles. The van der Waals surface area contributed by atoms with E-state index in [0.717, 1.165) is 29.1 Å². The third-order valence-corrected chi connectivity index (χ3v) is 5.19. The van der Waals surface area contributed by atoms with Crippen molar-refractivity contribution in [3.63, 3.8) is 0 Å². The van der Waals surface area contributed by atoms with Gasteiger partial charge in [-0.1, -0.05) is 53.5 Å². The average Bonchev–Trinajstić information content (AvgIpc) is 3.26. The lowest BCUT2D eigenvalue weighted by Gasteiger charge is -2.20. The first kappa shape index (κ1) is 17.1. The molecule has 122 valence electrons. The van der Waals surface area contributed by atoms with E-state index in [1.807, 2.05) is 42.5 Å². The van der Waals surface area contributed by atoms with Crippen LogP contribution in [0.25, 0.3) is 0 Å². The van der Waals surface area contributed by atoms with Crippen LogP contribution in [0.2, 0.25) is 10.0 Å². The van der Waals surface area contributed by atoms with Crippen molar-refractivity contribution in [1.29, 1.82) is 0 Å². The van der Waals surface area contributed by atoms with Crippen LogP contribution in [0.5, 0.6) is 0 Å². The first-order valence-corrected chi connectivity index (χ1v) is 9.20. The van der Waals surface area contributed by atoms with Crippen molar-refractivity contribution in [2.24, 2.45) is 5.92 Å². The smallest absolute Gasteiger partial charge is 0.0835 e. The molecule has 2 aromatic carbocycles. The van der Waals surface area contributed by atoms with Crippen LogP contribution in [0.15, 0.2) is 54.6 Å².